The second-order valence-corrected chi connectivity index (χ2v) is 9.12. The summed E-state index contributed by atoms with van der Waals surface area (Å²) in [6.45, 7) is 2.37. The van der Waals surface area contributed by atoms with E-state index in [0.29, 0.717) is 34.2 Å². The molecule has 0 aliphatic carbocycles. The molecule has 1 N–H and O–H groups in total. The van der Waals surface area contributed by atoms with Crippen molar-refractivity contribution in [2.45, 2.75) is 18.4 Å². The number of carbonyl (C=O) groups is 1. The molecule has 0 fully saturated rings. The monoisotopic (exact) mass is 462 g/mol. The number of furan rings is 1. The first-order chi connectivity index (χ1) is 14.8. The first-order valence-electron chi connectivity index (χ1n) is 9.53. The van der Waals surface area contributed by atoms with Crippen LogP contribution in [0.15, 0.2) is 70.2 Å². The highest BCUT2D eigenvalue weighted by Crippen LogP contribution is 2.19. The molecule has 1 aromatic heterocycles. The summed E-state index contributed by atoms with van der Waals surface area (Å²) >= 11 is 5.93. The van der Waals surface area contributed by atoms with Gasteiger partial charge in [0.2, 0.25) is 10.0 Å². The average Bonchev–Trinajstić information content (AvgIpc) is 3.26. The van der Waals surface area contributed by atoms with Gasteiger partial charge in [-0.2, -0.15) is 0 Å². The normalized spacial score (nSPS) is 11.3. The molecule has 0 saturated carbocycles. The van der Waals surface area contributed by atoms with Crippen LogP contribution in [0.25, 0.3) is 0 Å². The maximum Gasteiger partial charge on any atom is 0.254 e. The van der Waals surface area contributed by atoms with Gasteiger partial charge in [0.15, 0.2) is 0 Å². The van der Waals surface area contributed by atoms with Gasteiger partial charge in [0.1, 0.15) is 18.1 Å². The zero-order chi connectivity index (χ0) is 22.4. The fraction of sp³-hybridized carbons (Fsp3) is 0.227. The topological polar surface area (TPSA) is 88.8 Å². The maximum atomic E-state index is 12.9. The van der Waals surface area contributed by atoms with E-state index in [1.807, 2.05) is 0 Å². The number of nitrogens with zero attached hydrogens (tertiary/aromatic N) is 1. The first kappa shape index (κ1) is 22.9. The second-order valence-electron chi connectivity index (χ2n) is 6.91. The standard InChI is InChI=1S/C22H23ClN2O5S/c1-16-8-9-20(31(27,28)24-15-19-7-4-11-29-19)14-21(16)22(26)25(2)10-12-30-18-6-3-5-17(23)13-18/h3-9,11,13-14,24H,10,12,15H2,1-2H3. The van der Waals surface area contributed by atoms with E-state index in [1.165, 1.54) is 23.3 Å². The number of likely N-dealkylation sites (N-methyl/N-ethyl adjacent to an activating group) is 1. The second kappa shape index (κ2) is 10.00. The van der Waals surface area contributed by atoms with Crippen LogP contribution in [0.1, 0.15) is 21.7 Å². The summed E-state index contributed by atoms with van der Waals surface area (Å²) < 4.78 is 38.5. The van der Waals surface area contributed by atoms with Crippen LogP contribution in [0.4, 0.5) is 0 Å². The molecule has 31 heavy (non-hydrogen) atoms. The predicted molar refractivity (Wildman–Crippen MR) is 118 cm³/mol. The highest BCUT2D eigenvalue weighted by Gasteiger charge is 2.20. The van der Waals surface area contributed by atoms with Crippen molar-refractivity contribution >= 4 is 27.5 Å². The van der Waals surface area contributed by atoms with E-state index in [2.05, 4.69) is 4.72 Å². The Labute approximate surface area is 186 Å². The maximum absolute atomic E-state index is 12.9. The molecule has 7 nitrogen and oxygen atoms in total. The lowest BCUT2D eigenvalue weighted by atomic mass is 10.1. The Morgan fingerprint density at radius 2 is 1.97 bits per heavy atom. The van der Waals surface area contributed by atoms with Crippen molar-refractivity contribution < 1.29 is 22.4 Å². The van der Waals surface area contributed by atoms with Crippen LogP contribution in [-0.2, 0) is 16.6 Å². The first-order valence-corrected chi connectivity index (χ1v) is 11.4. The van der Waals surface area contributed by atoms with E-state index >= 15 is 0 Å². The number of rotatable bonds is 9. The van der Waals surface area contributed by atoms with Gasteiger partial charge in [0, 0.05) is 17.6 Å². The van der Waals surface area contributed by atoms with Gasteiger partial charge in [-0.3, -0.25) is 4.79 Å². The van der Waals surface area contributed by atoms with Crippen molar-refractivity contribution in [1.29, 1.82) is 0 Å². The van der Waals surface area contributed by atoms with E-state index < -0.39 is 10.0 Å². The van der Waals surface area contributed by atoms with E-state index in [4.69, 9.17) is 20.8 Å². The smallest absolute Gasteiger partial charge is 0.254 e. The molecule has 2 aromatic carbocycles. The Morgan fingerprint density at radius 1 is 1.16 bits per heavy atom. The van der Waals surface area contributed by atoms with Crippen LogP contribution < -0.4 is 9.46 Å². The fourth-order valence-corrected chi connectivity index (χ4v) is 4.03. The number of nitrogens with one attached hydrogen (secondary N) is 1. The van der Waals surface area contributed by atoms with Crippen LogP contribution in [0, 0.1) is 6.92 Å². The van der Waals surface area contributed by atoms with Crippen molar-refractivity contribution in [3.05, 3.63) is 82.8 Å². The lowest BCUT2D eigenvalue weighted by molar-refractivity contribution is 0.0773. The summed E-state index contributed by atoms with van der Waals surface area (Å²) in [6.07, 6.45) is 1.47. The van der Waals surface area contributed by atoms with Crippen LogP contribution in [0.3, 0.4) is 0 Å². The molecule has 3 rings (SSSR count). The summed E-state index contributed by atoms with van der Waals surface area (Å²) in [6, 6.07) is 14.8. The lowest BCUT2D eigenvalue weighted by Crippen LogP contribution is -2.31. The van der Waals surface area contributed by atoms with Crippen molar-refractivity contribution in [2.24, 2.45) is 0 Å². The lowest BCUT2D eigenvalue weighted by Gasteiger charge is -2.19. The summed E-state index contributed by atoms with van der Waals surface area (Å²) in [4.78, 5) is 14.4. The molecule has 3 aromatic rings. The number of hydrogen-bond acceptors (Lipinski definition) is 5. The summed E-state index contributed by atoms with van der Waals surface area (Å²) in [5, 5.41) is 0.566. The number of aryl methyl sites for hydroxylation is 1. The number of ether oxygens (including phenoxy) is 1. The average molecular weight is 463 g/mol. The van der Waals surface area contributed by atoms with Gasteiger partial charge in [0.05, 0.1) is 24.2 Å². The number of halogens is 1. The van der Waals surface area contributed by atoms with Gasteiger partial charge in [0.25, 0.3) is 5.91 Å². The van der Waals surface area contributed by atoms with Gasteiger partial charge in [-0.15, -0.1) is 0 Å². The summed E-state index contributed by atoms with van der Waals surface area (Å²) in [5.41, 5.74) is 0.990. The highest BCUT2D eigenvalue weighted by atomic mass is 35.5. The van der Waals surface area contributed by atoms with Crippen LogP contribution in [-0.4, -0.2) is 39.4 Å². The number of hydrogen-bond donors (Lipinski definition) is 1. The van der Waals surface area contributed by atoms with Gasteiger partial charge in [-0.25, -0.2) is 13.1 Å². The molecule has 9 heteroatoms. The highest BCUT2D eigenvalue weighted by molar-refractivity contribution is 7.89. The quantitative estimate of drug-likeness (QED) is 0.521. The van der Waals surface area contributed by atoms with E-state index in [9.17, 15) is 13.2 Å². The molecule has 1 amide bonds. The van der Waals surface area contributed by atoms with E-state index in [1.54, 1.807) is 56.4 Å². The molecule has 0 bridgehead atoms. The molecular formula is C22H23ClN2O5S. The molecule has 0 spiro atoms. The van der Waals surface area contributed by atoms with Gasteiger partial charge in [-0.05, 0) is 55.0 Å². The number of amides is 1. The molecule has 0 aliphatic rings. The molecule has 0 aliphatic heterocycles. The Hall–Kier alpha value is -2.81. The van der Waals surface area contributed by atoms with Crippen molar-refractivity contribution in [2.75, 3.05) is 20.2 Å². The number of benzene rings is 2. The van der Waals surface area contributed by atoms with Gasteiger partial charge in [-0.1, -0.05) is 23.7 Å². The molecule has 164 valence electrons. The van der Waals surface area contributed by atoms with Crippen LogP contribution >= 0.6 is 11.6 Å². The molecule has 0 saturated heterocycles. The molecule has 0 unspecified atom stereocenters. The third-order valence-electron chi connectivity index (χ3n) is 4.60. The number of sulfonamides is 1. The zero-order valence-electron chi connectivity index (χ0n) is 17.2. The number of carbonyl (C=O) groups excluding carboxylic acids is 1. The predicted octanol–water partition coefficient (Wildman–Crippen LogP) is 3.87. The third-order valence-corrected chi connectivity index (χ3v) is 6.24. The summed E-state index contributed by atoms with van der Waals surface area (Å²) in [7, 11) is -2.17. The minimum atomic E-state index is -3.81. The Kier molecular flexibility index (Phi) is 7.37. The zero-order valence-corrected chi connectivity index (χ0v) is 18.7. The van der Waals surface area contributed by atoms with E-state index in [0.717, 1.165) is 0 Å². The molecular weight excluding hydrogens is 440 g/mol. The third kappa shape index (κ3) is 6.10. The SMILES string of the molecule is Cc1ccc(S(=O)(=O)NCc2ccco2)cc1C(=O)N(C)CCOc1cccc(Cl)c1. The van der Waals surface area contributed by atoms with Crippen LogP contribution in [0.2, 0.25) is 5.02 Å². The molecule has 0 radical (unpaired) electrons. The molecule has 1 heterocycles. The Balaban J connectivity index is 1.65. The van der Waals surface area contributed by atoms with Crippen molar-refractivity contribution in [1.82, 2.24) is 9.62 Å². The largest absolute Gasteiger partial charge is 0.492 e. The van der Waals surface area contributed by atoms with Gasteiger partial charge >= 0.3 is 0 Å². The Bertz CT molecular complexity index is 1150. The van der Waals surface area contributed by atoms with Crippen molar-refractivity contribution in [3.8, 4) is 5.75 Å². The minimum absolute atomic E-state index is 0.0107. The van der Waals surface area contributed by atoms with E-state index in [-0.39, 0.29) is 24.0 Å². The molecule has 0 atom stereocenters. The van der Waals surface area contributed by atoms with Crippen LogP contribution in [0.5, 0.6) is 5.75 Å². The van der Waals surface area contributed by atoms with Gasteiger partial charge < -0.3 is 14.1 Å². The Morgan fingerprint density at radius 3 is 2.68 bits per heavy atom. The fourth-order valence-electron chi connectivity index (χ4n) is 2.83. The minimum Gasteiger partial charge on any atom is -0.492 e. The van der Waals surface area contributed by atoms with Crippen molar-refractivity contribution in [3.63, 3.8) is 0 Å². The summed E-state index contributed by atoms with van der Waals surface area (Å²) in [5.74, 6) is 0.807.